The standard InChI is InChI=1S/H2O5.2Sb.4H/c1-3-5-4-2;;;;;;/h1-2H;;;;;;/q;2*+1;;;;/p-2. The first-order valence-electron chi connectivity index (χ1n) is 1.14. The van der Waals surface area contributed by atoms with E-state index >= 15 is 0 Å². The van der Waals surface area contributed by atoms with Gasteiger partial charge in [-0.15, -0.1) is 0 Å². The van der Waals surface area contributed by atoms with Gasteiger partial charge in [-0.05, 0) is 0 Å². The van der Waals surface area contributed by atoms with Gasteiger partial charge in [0.25, 0.3) is 0 Å². The summed E-state index contributed by atoms with van der Waals surface area (Å²) in [7, 11) is 0. The van der Waals surface area contributed by atoms with E-state index in [-0.39, 0.29) is 0 Å². The van der Waals surface area contributed by atoms with Gasteiger partial charge >= 0.3 is 68.3 Å². The van der Waals surface area contributed by atoms with Crippen molar-refractivity contribution < 1.29 is 21.4 Å². The molecular weight excluding hydrogens is 324 g/mol. The molecule has 0 aromatic rings. The normalized spacial score (nSPS) is 9.43. The Morgan fingerprint density at radius 3 is 1.43 bits per heavy atom. The molecule has 0 fully saturated rings. The van der Waals surface area contributed by atoms with Gasteiger partial charge in [-0.1, -0.05) is 0 Å². The van der Waals surface area contributed by atoms with E-state index in [0.29, 0.717) is 46.9 Å². The van der Waals surface area contributed by atoms with Crippen LogP contribution >= 0.6 is 0 Å². The molecule has 0 aromatic heterocycles. The van der Waals surface area contributed by atoms with Crippen molar-refractivity contribution in [3.63, 3.8) is 0 Å². The van der Waals surface area contributed by atoms with E-state index in [9.17, 15) is 0 Å². The zero-order valence-electron chi connectivity index (χ0n) is 3.20. The van der Waals surface area contributed by atoms with Crippen LogP contribution in [-0.4, -0.2) is 46.9 Å². The summed E-state index contributed by atoms with van der Waals surface area (Å²) in [5, 5.41) is 11.4. The zero-order valence-corrected chi connectivity index (χ0v) is 9.79. The van der Waals surface area contributed by atoms with Crippen LogP contribution in [0.1, 0.15) is 0 Å². The van der Waals surface area contributed by atoms with Crippen molar-refractivity contribution in [2.75, 3.05) is 0 Å². The predicted molar refractivity (Wildman–Crippen MR) is 22.5 cm³/mol. The molecule has 0 saturated heterocycles. The summed E-state index contributed by atoms with van der Waals surface area (Å²) >= 11 is 0.975. The van der Waals surface area contributed by atoms with E-state index in [4.69, 9.17) is 0 Å². The minimum absolute atomic E-state index is 0.487. The fraction of sp³-hybridized carbons (Fsp3) is 0. The summed E-state index contributed by atoms with van der Waals surface area (Å²) in [6.45, 7) is 0. The minimum atomic E-state index is 0.487. The summed E-state index contributed by atoms with van der Waals surface area (Å²) in [6.07, 6.45) is 0. The van der Waals surface area contributed by atoms with Gasteiger partial charge in [0.1, 0.15) is 0 Å². The van der Waals surface area contributed by atoms with Crippen molar-refractivity contribution in [2.24, 2.45) is 0 Å². The van der Waals surface area contributed by atoms with E-state index in [0.717, 1.165) is 0 Å². The summed E-state index contributed by atoms with van der Waals surface area (Å²) in [6, 6.07) is 0. The fourth-order valence-electron chi connectivity index (χ4n) is 0.0434. The van der Waals surface area contributed by atoms with Crippen LogP contribution in [0.5, 0.6) is 0 Å². The van der Waals surface area contributed by atoms with Crippen molar-refractivity contribution in [3.8, 4) is 0 Å². The second-order valence-corrected chi connectivity index (χ2v) is 1.50. The molecule has 0 atom stereocenters. The molecule has 0 unspecified atom stereocenters. The second kappa shape index (κ2) is 7.44. The molecule has 0 aliphatic heterocycles. The summed E-state index contributed by atoms with van der Waals surface area (Å²) in [5.41, 5.74) is 0. The van der Waals surface area contributed by atoms with Crippen LogP contribution in [-0.2, 0) is 21.4 Å². The predicted octanol–water partition coefficient (Wildman–Crippen LogP) is -2.17. The second-order valence-electron chi connectivity index (χ2n) is 0.397. The summed E-state index contributed by atoms with van der Waals surface area (Å²) < 4.78 is 8.12. The maximum atomic E-state index is 4.06. The van der Waals surface area contributed by atoms with Gasteiger partial charge in [0.2, 0.25) is 0 Å². The van der Waals surface area contributed by atoms with Gasteiger partial charge in [-0.25, -0.2) is 0 Å². The third kappa shape index (κ3) is 7.44. The van der Waals surface area contributed by atoms with Crippen LogP contribution in [0.25, 0.3) is 0 Å². The molecule has 0 rings (SSSR count). The molecule has 5 nitrogen and oxygen atoms in total. The van der Waals surface area contributed by atoms with Gasteiger partial charge in [-0.2, -0.15) is 0 Å². The molecule has 0 spiro atoms. The van der Waals surface area contributed by atoms with Gasteiger partial charge in [-0.3, -0.25) is 0 Å². The van der Waals surface area contributed by atoms with Crippen molar-refractivity contribution in [3.05, 3.63) is 0 Å². The molecule has 0 heterocycles. The van der Waals surface area contributed by atoms with Crippen LogP contribution in [0.3, 0.4) is 0 Å². The van der Waals surface area contributed by atoms with E-state index in [2.05, 4.69) is 21.4 Å². The first-order chi connectivity index (χ1) is 3.41. The number of hydrogen-bond acceptors (Lipinski definition) is 5. The molecule has 0 radical (unpaired) electrons. The fourth-order valence-corrected chi connectivity index (χ4v) is 0.227. The van der Waals surface area contributed by atoms with E-state index in [1.807, 2.05) is 0 Å². The Kier molecular flexibility index (Phi) is 8.96. The van der Waals surface area contributed by atoms with Gasteiger partial charge in [0.05, 0.1) is 0 Å². The Labute approximate surface area is 68.0 Å². The quantitative estimate of drug-likeness (QED) is 0.254. The van der Waals surface area contributed by atoms with Gasteiger partial charge in [0.15, 0.2) is 0 Å². The van der Waals surface area contributed by atoms with Crippen LogP contribution in [0.2, 0.25) is 0 Å². The van der Waals surface area contributed by atoms with Crippen LogP contribution < -0.4 is 0 Å². The number of hydrogen-bond donors (Lipinski definition) is 0. The molecule has 0 saturated carbocycles. The van der Waals surface area contributed by atoms with Crippen molar-refractivity contribution in [2.45, 2.75) is 0 Å². The molecule has 0 aromatic carbocycles. The molecular formula is H4O5Sb2. The Hall–Kier alpha value is 1.44. The monoisotopic (exact) mass is 326 g/mol. The molecule has 7 heteroatoms. The summed E-state index contributed by atoms with van der Waals surface area (Å²) in [4.78, 5) is 0. The van der Waals surface area contributed by atoms with E-state index < -0.39 is 0 Å². The third-order valence-electron chi connectivity index (χ3n) is 0.134. The first-order valence-corrected chi connectivity index (χ1v) is 3.83. The Balaban J connectivity index is 2.45. The van der Waals surface area contributed by atoms with Crippen molar-refractivity contribution >= 4 is 46.9 Å². The first kappa shape index (κ1) is 8.44. The average molecular weight is 328 g/mol. The van der Waals surface area contributed by atoms with Crippen molar-refractivity contribution in [1.82, 2.24) is 0 Å². The topological polar surface area (TPSA) is 46.2 Å². The van der Waals surface area contributed by atoms with Crippen LogP contribution in [0.4, 0.5) is 0 Å². The molecule has 0 amide bonds. The average Bonchev–Trinajstić information content (AvgIpc) is 1.69. The third-order valence-corrected chi connectivity index (χ3v) is 0.583. The Morgan fingerprint density at radius 1 is 0.714 bits per heavy atom. The Morgan fingerprint density at radius 2 is 1.14 bits per heavy atom. The molecule has 44 valence electrons. The summed E-state index contributed by atoms with van der Waals surface area (Å²) in [5.74, 6) is 0. The van der Waals surface area contributed by atoms with Gasteiger partial charge in [0, 0.05) is 0 Å². The number of rotatable bonds is 4. The zero-order chi connectivity index (χ0) is 5.54. The molecule has 7 heavy (non-hydrogen) atoms. The SMILES string of the molecule is [SbH2][O]OOO[O][SbH2]. The van der Waals surface area contributed by atoms with Gasteiger partial charge < -0.3 is 0 Å². The van der Waals surface area contributed by atoms with Crippen LogP contribution in [0.15, 0.2) is 0 Å². The Bertz CT molecular complexity index is 25.3. The molecule has 0 bridgehead atoms. The molecule has 0 N–H and O–H groups in total. The molecule has 0 aliphatic rings. The van der Waals surface area contributed by atoms with Crippen molar-refractivity contribution in [1.29, 1.82) is 0 Å². The molecule has 0 aliphatic carbocycles. The van der Waals surface area contributed by atoms with E-state index in [1.165, 1.54) is 0 Å². The maximum absolute atomic E-state index is 4.06. The van der Waals surface area contributed by atoms with Crippen LogP contribution in [0, 0.1) is 0 Å². The van der Waals surface area contributed by atoms with E-state index in [1.54, 1.807) is 0 Å².